The van der Waals surface area contributed by atoms with E-state index in [0.717, 1.165) is 30.7 Å². The van der Waals surface area contributed by atoms with E-state index >= 15 is 0 Å². The van der Waals surface area contributed by atoms with E-state index in [1.807, 2.05) is 0 Å². The quantitative estimate of drug-likeness (QED) is 0.496. The number of nitrogens with zero attached hydrogens (tertiary/aromatic N) is 8. The summed E-state index contributed by atoms with van der Waals surface area (Å²) < 4.78 is 20.7. The molecule has 10 nitrogen and oxygen atoms in total. The van der Waals surface area contributed by atoms with E-state index in [1.54, 1.807) is 17.9 Å². The molecular weight excluding hydrogens is 391 g/mol. The van der Waals surface area contributed by atoms with Crippen LogP contribution in [0, 0.1) is 17.7 Å². The molecule has 6 rings (SSSR count). The summed E-state index contributed by atoms with van der Waals surface area (Å²) in [5.41, 5.74) is 0.694. The van der Waals surface area contributed by atoms with Crippen molar-refractivity contribution in [2.24, 2.45) is 18.9 Å². The van der Waals surface area contributed by atoms with Crippen molar-refractivity contribution >= 4 is 17.0 Å². The first kappa shape index (κ1) is 18.4. The maximum absolute atomic E-state index is 12.9. The highest BCUT2D eigenvalue weighted by Gasteiger charge is 2.45. The van der Waals surface area contributed by atoms with Crippen LogP contribution in [-0.2, 0) is 13.6 Å². The number of halogens is 1. The Morgan fingerprint density at radius 1 is 1.17 bits per heavy atom. The first-order chi connectivity index (χ1) is 14.6. The second-order valence-corrected chi connectivity index (χ2v) is 7.53. The second-order valence-electron chi connectivity index (χ2n) is 7.53. The molecule has 2 fully saturated rings. The van der Waals surface area contributed by atoms with Gasteiger partial charge < -0.3 is 14.0 Å². The SMILES string of the molecule is Cn1cnc2ncn(Cc3ncno3)c(=O)c21.Fc1ccnc(N2C[C@H]3C[C@H]3C2)c1. The zero-order chi connectivity index (χ0) is 20.7. The predicted octanol–water partition coefficient (Wildman–Crippen LogP) is 1.24. The molecule has 0 amide bonds. The van der Waals surface area contributed by atoms with Crippen molar-refractivity contribution in [2.45, 2.75) is 13.0 Å². The third-order valence-electron chi connectivity index (χ3n) is 5.42. The third-order valence-corrected chi connectivity index (χ3v) is 5.42. The second kappa shape index (κ2) is 7.32. The molecule has 11 heteroatoms. The highest BCUT2D eigenvalue weighted by atomic mass is 19.1. The van der Waals surface area contributed by atoms with Gasteiger partial charge in [-0.25, -0.2) is 19.3 Å². The van der Waals surface area contributed by atoms with Gasteiger partial charge in [0.1, 0.15) is 24.5 Å². The van der Waals surface area contributed by atoms with Crippen molar-refractivity contribution in [2.75, 3.05) is 18.0 Å². The zero-order valence-corrected chi connectivity index (χ0v) is 16.2. The summed E-state index contributed by atoms with van der Waals surface area (Å²) in [5.74, 6) is 2.70. The van der Waals surface area contributed by atoms with Crippen LogP contribution in [0.15, 0.2) is 46.6 Å². The predicted molar refractivity (Wildman–Crippen MR) is 104 cm³/mol. The monoisotopic (exact) mass is 410 g/mol. The van der Waals surface area contributed by atoms with Gasteiger partial charge in [-0.2, -0.15) is 4.98 Å². The summed E-state index contributed by atoms with van der Waals surface area (Å²) in [4.78, 5) is 30.4. The van der Waals surface area contributed by atoms with Gasteiger partial charge in [-0.15, -0.1) is 0 Å². The molecule has 4 aromatic rings. The number of hydrogen-bond acceptors (Lipinski definition) is 8. The lowest BCUT2D eigenvalue weighted by Crippen LogP contribution is -2.22. The minimum absolute atomic E-state index is 0.187. The normalized spacial score (nSPS) is 19.5. The Hall–Kier alpha value is -3.63. The van der Waals surface area contributed by atoms with Crippen LogP contribution in [-0.4, -0.2) is 47.3 Å². The average molecular weight is 410 g/mol. The molecule has 0 N–H and O–H groups in total. The van der Waals surface area contributed by atoms with Gasteiger partial charge in [-0.1, -0.05) is 5.16 Å². The van der Waals surface area contributed by atoms with E-state index in [1.165, 1.54) is 42.0 Å². The smallest absolute Gasteiger partial charge is 0.280 e. The van der Waals surface area contributed by atoms with Crippen molar-refractivity contribution in [3.63, 3.8) is 0 Å². The third kappa shape index (κ3) is 3.53. The summed E-state index contributed by atoms with van der Waals surface area (Å²) in [6, 6.07) is 2.91. The fourth-order valence-electron chi connectivity index (χ4n) is 3.75. The number of pyridine rings is 1. The molecule has 1 saturated heterocycles. The standard InChI is InChI=1S/C10H11FN2.C9H8N6O2/c11-9-1-2-12-10(4-9)13-5-7-3-8(7)6-13;1-14-4-11-8-7(14)9(16)15(5-12-8)2-6-10-3-13-17-6/h1-2,4,7-8H,3,5-6H2;3-5H,2H2,1H3/t7-,8+;. The number of aromatic nitrogens is 7. The number of fused-ring (bicyclic) bond motifs is 2. The number of anilines is 1. The molecule has 2 aliphatic rings. The molecule has 0 unspecified atom stereocenters. The Balaban J connectivity index is 0.000000133. The number of piperidine rings is 1. The maximum Gasteiger partial charge on any atom is 0.280 e. The van der Waals surface area contributed by atoms with Crippen LogP contribution in [0.4, 0.5) is 10.2 Å². The molecule has 2 atom stereocenters. The van der Waals surface area contributed by atoms with E-state index in [0.29, 0.717) is 17.1 Å². The Morgan fingerprint density at radius 2 is 1.97 bits per heavy atom. The van der Waals surface area contributed by atoms with Crippen LogP contribution in [0.1, 0.15) is 12.3 Å². The van der Waals surface area contributed by atoms with E-state index < -0.39 is 0 Å². The minimum Gasteiger partial charge on any atom is -0.356 e. The van der Waals surface area contributed by atoms with Gasteiger partial charge in [0.25, 0.3) is 5.56 Å². The van der Waals surface area contributed by atoms with Crippen molar-refractivity contribution in [3.8, 4) is 0 Å². The van der Waals surface area contributed by atoms with Crippen molar-refractivity contribution in [3.05, 3.63) is 59.4 Å². The number of rotatable bonds is 3. The van der Waals surface area contributed by atoms with Crippen LogP contribution in [0.2, 0.25) is 0 Å². The molecule has 30 heavy (non-hydrogen) atoms. The van der Waals surface area contributed by atoms with Gasteiger partial charge in [-0.05, 0) is 24.3 Å². The molecule has 1 aliphatic carbocycles. The van der Waals surface area contributed by atoms with Gasteiger partial charge in [0.2, 0.25) is 5.89 Å². The number of imidazole rings is 1. The molecule has 1 aliphatic heterocycles. The van der Waals surface area contributed by atoms with Gasteiger partial charge in [0.15, 0.2) is 17.5 Å². The first-order valence-electron chi connectivity index (χ1n) is 9.57. The van der Waals surface area contributed by atoms with E-state index in [-0.39, 0.29) is 17.9 Å². The average Bonchev–Trinajstić information content (AvgIpc) is 3.14. The van der Waals surface area contributed by atoms with Crippen LogP contribution in [0.3, 0.4) is 0 Å². The molecular formula is C19H19FN8O2. The lowest BCUT2D eigenvalue weighted by molar-refractivity contribution is 0.368. The molecule has 4 aromatic heterocycles. The largest absolute Gasteiger partial charge is 0.356 e. The first-order valence-corrected chi connectivity index (χ1v) is 9.57. The van der Waals surface area contributed by atoms with Gasteiger partial charge >= 0.3 is 0 Å². The lowest BCUT2D eigenvalue weighted by atomic mass is 10.4. The number of aryl methyl sites for hydroxylation is 1. The molecule has 0 spiro atoms. The van der Waals surface area contributed by atoms with Crippen molar-refractivity contribution < 1.29 is 8.91 Å². The van der Waals surface area contributed by atoms with E-state index in [2.05, 4.69) is 30.0 Å². The molecule has 154 valence electrons. The molecule has 0 aromatic carbocycles. The summed E-state index contributed by atoms with van der Waals surface area (Å²) in [6.07, 6.45) is 7.16. The van der Waals surface area contributed by atoms with Crippen molar-refractivity contribution in [1.82, 2.24) is 34.2 Å². The maximum atomic E-state index is 12.9. The van der Waals surface area contributed by atoms with E-state index in [9.17, 15) is 9.18 Å². The molecule has 0 radical (unpaired) electrons. The van der Waals surface area contributed by atoms with Gasteiger partial charge in [0, 0.05) is 32.4 Å². The van der Waals surface area contributed by atoms with Crippen LogP contribution < -0.4 is 10.5 Å². The topological polar surface area (TPSA) is 108 Å². The molecule has 0 bridgehead atoms. The van der Waals surface area contributed by atoms with E-state index in [4.69, 9.17) is 4.52 Å². The zero-order valence-electron chi connectivity index (χ0n) is 16.2. The summed E-state index contributed by atoms with van der Waals surface area (Å²) in [5, 5.41) is 3.48. The van der Waals surface area contributed by atoms with Crippen LogP contribution >= 0.6 is 0 Å². The fourth-order valence-corrected chi connectivity index (χ4v) is 3.75. The summed E-state index contributed by atoms with van der Waals surface area (Å²) >= 11 is 0. The number of hydrogen-bond donors (Lipinski definition) is 0. The summed E-state index contributed by atoms with van der Waals surface area (Å²) in [6.45, 7) is 2.34. The Bertz CT molecular complexity index is 1230. The Morgan fingerprint density at radius 3 is 2.70 bits per heavy atom. The molecule has 5 heterocycles. The van der Waals surface area contributed by atoms with Gasteiger partial charge in [0.05, 0.1) is 6.33 Å². The Kier molecular flexibility index (Phi) is 4.49. The fraction of sp³-hybridized carbons (Fsp3) is 0.368. The van der Waals surface area contributed by atoms with Gasteiger partial charge in [-0.3, -0.25) is 9.36 Å². The Labute approximate surface area is 170 Å². The molecule has 1 saturated carbocycles. The summed E-state index contributed by atoms with van der Waals surface area (Å²) in [7, 11) is 1.75. The van der Waals surface area contributed by atoms with Crippen LogP contribution in [0.5, 0.6) is 0 Å². The highest BCUT2D eigenvalue weighted by molar-refractivity contribution is 5.68. The highest BCUT2D eigenvalue weighted by Crippen LogP contribution is 2.45. The van der Waals surface area contributed by atoms with Crippen LogP contribution in [0.25, 0.3) is 11.2 Å². The van der Waals surface area contributed by atoms with Crippen molar-refractivity contribution in [1.29, 1.82) is 0 Å². The lowest BCUT2D eigenvalue weighted by Gasteiger charge is -2.18. The minimum atomic E-state index is -0.189.